The van der Waals surface area contributed by atoms with Crippen LogP contribution in [0.1, 0.15) is 52.9 Å². The first-order valence-electron chi connectivity index (χ1n) is 19.6. The molecule has 3 N–H and O–H groups in total. The Morgan fingerprint density at radius 3 is 1.98 bits per heavy atom. The van der Waals surface area contributed by atoms with Crippen molar-refractivity contribution in [3.8, 4) is 0 Å². The fourth-order valence-corrected chi connectivity index (χ4v) is 10.9. The molecule has 8 atom stereocenters. The Kier molecular flexibility index (Phi) is 10.9. The molecule has 332 valence electrons. The summed E-state index contributed by atoms with van der Waals surface area (Å²) in [4.78, 5) is 52.1. The van der Waals surface area contributed by atoms with Crippen LogP contribution in [-0.4, -0.2) is 99.2 Å². The van der Waals surface area contributed by atoms with Crippen molar-refractivity contribution in [3.63, 3.8) is 0 Å². The van der Waals surface area contributed by atoms with Gasteiger partial charge in [-0.05, 0) is 42.9 Å². The Labute approximate surface area is 372 Å². The number of benzene rings is 2. The second-order valence-electron chi connectivity index (χ2n) is 15.0. The number of nitrogens with zero attached hydrogens (tertiary/aromatic N) is 8. The molecule has 6 aromatic rings. The summed E-state index contributed by atoms with van der Waals surface area (Å²) in [6.45, 7) is -8.30. The molecule has 0 spiro atoms. The number of rotatable bonds is 7. The van der Waals surface area contributed by atoms with Gasteiger partial charge in [0, 0.05) is 17.5 Å². The fraction of sp³-hybridized carbons (Fsp3) is 0.316. The highest BCUT2D eigenvalue weighted by Crippen LogP contribution is 2.65. The molecule has 22 nitrogen and oxygen atoms in total. The van der Waals surface area contributed by atoms with Crippen LogP contribution in [0, 0.1) is 0 Å². The van der Waals surface area contributed by atoms with Gasteiger partial charge in [-0.25, -0.2) is 39.0 Å². The highest BCUT2D eigenvalue weighted by atomic mass is 32.7. The van der Waals surface area contributed by atoms with Crippen LogP contribution in [-0.2, 0) is 41.4 Å². The van der Waals surface area contributed by atoms with Gasteiger partial charge in [0.2, 0.25) is 0 Å². The summed E-state index contributed by atoms with van der Waals surface area (Å²) in [5.41, 5.74) is -1.78. The van der Waals surface area contributed by atoms with Gasteiger partial charge in [0.05, 0.1) is 32.5 Å². The van der Waals surface area contributed by atoms with Gasteiger partial charge in [-0.1, -0.05) is 55.6 Å². The summed E-state index contributed by atoms with van der Waals surface area (Å²) in [7, 11) is 0. The molecular weight excluding hydrogens is 915 g/mol. The second kappa shape index (κ2) is 16.3. The molecule has 0 radical (unpaired) electrons. The first-order valence-corrected chi connectivity index (χ1v) is 25.0. The molecule has 3 saturated heterocycles. The third-order valence-corrected chi connectivity index (χ3v) is 14.3. The minimum absolute atomic E-state index is 0.0158. The van der Waals surface area contributed by atoms with Crippen LogP contribution in [0.5, 0.6) is 0 Å². The largest absolute Gasteiger partial charge is 0.505 e. The lowest BCUT2D eigenvalue weighted by Crippen LogP contribution is -2.52. The lowest BCUT2D eigenvalue weighted by atomic mass is 9.90. The molecule has 0 aliphatic carbocycles. The lowest BCUT2D eigenvalue weighted by Gasteiger charge is -2.40. The highest BCUT2D eigenvalue weighted by molar-refractivity contribution is 8.44. The Morgan fingerprint density at radius 2 is 1.38 bits per heavy atom. The number of anilines is 2. The topological polar surface area (TPSA) is 264 Å². The Hall–Kier alpha value is -5.26. The minimum atomic E-state index is -4.50. The van der Waals surface area contributed by atoms with Crippen LogP contribution >= 0.6 is 38.1 Å². The molecular formula is C38H36N10O12P2S2. The maximum Gasteiger partial charge on any atom is 0.437 e. The predicted molar refractivity (Wildman–Crippen MR) is 230 cm³/mol. The van der Waals surface area contributed by atoms with Gasteiger partial charge in [0.1, 0.15) is 30.5 Å². The van der Waals surface area contributed by atoms with Gasteiger partial charge < -0.3 is 34.5 Å². The number of carbonyl (C=O) groups excluding carboxylic acids is 2. The molecule has 64 heavy (non-hydrogen) atoms. The van der Waals surface area contributed by atoms with Gasteiger partial charge in [0.15, 0.2) is 63.5 Å². The number of carbonyl (C=O) groups is 2. The van der Waals surface area contributed by atoms with Crippen molar-refractivity contribution in [2.24, 2.45) is 0 Å². The maximum absolute atomic E-state index is 14.4. The molecule has 26 heteroatoms. The molecule has 0 saturated carbocycles. The van der Waals surface area contributed by atoms with E-state index in [-0.39, 0.29) is 53.4 Å². The molecule has 3 fully saturated rings. The quantitative estimate of drug-likeness (QED) is 0.0881. The van der Waals surface area contributed by atoms with E-state index >= 15 is 0 Å². The number of nitrogens with one attached hydrogen (secondary N) is 2. The lowest BCUT2D eigenvalue weighted by molar-refractivity contribution is -0.138. The summed E-state index contributed by atoms with van der Waals surface area (Å²) in [6.07, 6.45) is 0.463. The summed E-state index contributed by atoms with van der Waals surface area (Å²) >= 11 is 8.68. The van der Waals surface area contributed by atoms with Crippen LogP contribution in [0.4, 0.5) is 11.6 Å². The van der Waals surface area contributed by atoms with Gasteiger partial charge in [-0.3, -0.25) is 32.3 Å². The van der Waals surface area contributed by atoms with E-state index in [1.807, 2.05) is 0 Å². The Balaban J connectivity index is 0.952. The number of fused-ring (bicyclic) bond motifs is 3. The molecule has 2 aromatic carbocycles. The third kappa shape index (κ3) is 7.56. The van der Waals surface area contributed by atoms with E-state index in [4.69, 9.17) is 32.3 Å². The summed E-state index contributed by atoms with van der Waals surface area (Å²) in [5.74, 6) is -1.64. The molecule has 4 aliphatic rings. The van der Waals surface area contributed by atoms with E-state index in [0.29, 0.717) is 11.1 Å². The Morgan fingerprint density at radius 1 is 0.797 bits per heavy atom. The average Bonchev–Trinajstić information content (AvgIpc) is 4.03. The van der Waals surface area contributed by atoms with Gasteiger partial charge >= 0.3 is 13.6 Å². The van der Waals surface area contributed by atoms with E-state index in [2.05, 4.69) is 65.0 Å². The number of hydrogen-bond donors (Lipinski definition) is 5. The molecule has 2 bridgehead atoms. The summed E-state index contributed by atoms with van der Waals surface area (Å²) in [6, 6.07) is 17.0. The minimum Gasteiger partial charge on any atom is -0.505 e. The zero-order chi connectivity index (χ0) is 44.4. The van der Waals surface area contributed by atoms with Crippen molar-refractivity contribution >= 4 is 83.9 Å². The number of imidazole rings is 2. The number of aliphatic hydroxyl groups excluding tert-OH is 1. The predicted octanol–water partition coefficient (Wildman–Crippen LogP) is 6.20. The number of hydrogen-bond acceptors (Lipinski definition) is 18. The van der Waals surface area contributed by atoms with E-state index in [9.17, 15) is 23.8 Å². The first-order chi connectivity index (χ1) is 30.8. The van der Waals surface area contributed by atoms with Crippen LogP contribution in [0.15, 0.2) is 97.5 Å². The normalized spacial score (nSPS) is 30.5. The monoisotopic (exact) mass is 950 g/mol. The maximum atomic E-state index is 14.4. The molecule has 8 heterocycles. The van der Waals surface area contributed by atoms with E-state index in [1.54, 1.807) is 72.2 Å². The van der Waals surface area contributed by atoms with E-state index < -0.39 is 86.0 Å². The average molecular weight is 951 g/mol. The summed E-state index contributed by atoms with van der Waals surface area (Å²) < 4.78 is 75.0. The highest BCUT2D eigenvalue weighted by Gasteiger charge is 2.63. The molecule has 4 aromatic heterocycles. The molecule has 0 unspecified atom stereocenters. The zero-order valence-corrected chi connectivity index (χ0v) is 36.8. The molecule has 2 amide bonds. The molecule has 10 rings (SSSR count). The second-order valence-corrected chi connectivity index (χ2v) is 20.7. The van der Waals surface area contributed by atoms with Gasteiger partial charge in [-0.15, -0.1) is 0 Å². The third-order valence-electron chi connectivity index (χ3n) is 11.2. The number of aliphatic hydroxyl groups is 1. The standard InChI is InChI=1S/C38H36N10O12P2S2/c1-2-37-15-55-62(53,64)60-28-26-36(48-20-44-24-30(40-18-42-32(24)48)46-34(51)22-11-7-4-8-12-22)58-38(28,13-14-54-26)16-56-61(52,63)59-27(37)25(49)35(57-37)47-19-43-23-29(39-17-41-31(23)47)45-33(50)21-9-5-3-6-10-21/h3-12,17-20,26,28,35-36,49H,2,13-16H2,1H3,(H,52,63)(H,53,64)(H,39,41,45,50)(H,40,42,46,51)/t26-,28+,35-,36-,37-,38-,61-,62-/m1/s1. The first kappa shape index (κ1) is 42.7. The number of ether oxygens (including phenoxy) is 3. The van der Waals surface area contributed by atoms with Crippen molar-refractivity contribution in [3.05, 3.63) is 109 Å². The fourth-order valence-electron chi connectivity index (χ4n) is 8.03. The number of aromatic nitrogens is 8. The Bertz CT molecular complexity index is 2950. The number of amides is 2. The smallest absolute Gasteiger partial charge is 0.437 e. The van der Waals surface area contributed by atoms with Crippen LogP contribution < -0.4 is 10.6 Å². The van der Waals surface area contributed by atoms with Crippen LogP contribution in [0.3, 0.4) is 0 Å². The van der Waals surface area contributed by atoms with Gasteiger partial charge in [0.25, 0.3) is 11.8 Å². The van der Waals surface area contributed by atoms with Crippen LogP contribution in [0.25, 0.3) is 22.3 Å². The van der Waals surface area contributed by atoms with Crippen molar-refractivity contribution in [1.29, 1.82) is 0 Å². The zero-order valence-electron chi connectivity index (χ0n) is 33.2. The van der Waals surface area contributed by atoms with Crippen molar-refractivity contribution in [1.82, 2.24) is 39.0 Å². The number of thiol groups is 2. The van der Waals surface area contributed by atoms with E-state index in [0.717, 1.165) is 0 Å². The van der Waals surface area contributed by atoms with E-state index in [1.165, 1.54) is 29.9 Å². The SMILES string of the molecule is CC[C@@]12CO[P@@](=O)(S)O[C@H]3[C@H]4OCC[C@]3(CO[P@@](=O)(S)OC1=C(O)[C@H](n1cnc3c(NC(=O)c5ccccc5)ncnc31)O2)O[C@H]4n1cnc2c(NC(=O)c3ccccc3)ncnc21. The van der Waals surface area contributed by atoms with Crippen LogP contribution in [0.2, 0.25) is 0 Å². The van der Waals surface area contributed by atoms with Gasteiger partial charge in [-0.2, -0.15) is 0 Å². The molecule has 4 aliphatic heterocycles. The van der Waals surface area contributed by atoms with Crippen molar-refractivity contribution in [2.75, 3.05) is 30.5 Å². The summed E-state index contributed by atoms with van der Waals surface area (Å²) in [5, 5.41) is 17.4. The van der Waals surface area contributed by atoms with Crippen molar-refractivity contribution in [2.45, 2.75) is 55.6 Å². The van der Waals surface area contributed by atoms with Crippen molar-refractivity contribution < 1.29 is 56.1 Å².